The van der Waals surface area contributed by atoms with Gasteiger partial charge in [0.05, 0.1) is 10.9 Å². The molecule has 0 saturated heterocycles. The first kappa shape index (κ1) is 18.3. The Morgan fingerprint density at radius 3 is 2.50 bits per heavy atom. The van der Waals surface area contributed by atoms with Gasteiger partial charge in [-0.05, 0) is 24.6 Å². The lowest BCUT2D eigenvalue weighted by Gasteiger charge is -2.20. The predicted molar refractivity (Wildman–Crippen MR) is 100 cm³/mol. The fraction of sp³-hybridized carbons (Fsp3) is 0.158. The molecule has 2 atom stereocenters. The first-order valence-electron chi connectivity index (χ1n) is 7.99. The third-order valence-electron chi connectivity index (χ3n) is 4.03. The summed E-state index contributed by atoms with van der Waals surface area (Å²) in [5, 5.41) is 0.513. The highest BCUT2D eigenvalue weighted by Gasteiger charge is 2.27. The van der Waals surface area contributed by atoms with E-state index < -0.39 is 20.1 Å². The third-order valence-corrected chi connectivity index (χ3v) is 4.40. The normalized spacial score (nSPS) is 13.3. The highest BCUT2D eigenvalue weighted by Crippen LogP contribution is 2.40. The lowest BCUT2D eigenvalue weighted by molar-refractivity contribution is -0.117. The minimum Gasteiger partial charge on any atom is -0.435 e. The van der Waals surface area contributed by atoms with Gasteiger partial charge in [0, 0.05) is 12.3 Å². The Labute approximate surface area is 151 Å². The zero-order valence-electron chi connectivity index (χ0n) is 14.1. The molecule has 1 aromatic heterocycles. The number of fused-ring (bicyclic) bond motifs is 1. The monoisotopic (exact) mass is 371 g/mol. The van der Waals surface area contributed by atoms with Crippen LogP contribution in [0.1, 0.15) is 30.4 Å². The van der Waals surface area contributed by atoms with Crippen molar-refractivity contribution in [2.24, 2.45) is 5.50 Å². The Balaban J connectivity index is 2.31. The summed E-state index contributed by atoms with van der Waals surface area (Å²) in [6.45, 7) is 1.46. The molecule has 0 aliphatic heterocycles. The molecule has 0 saturated carbocycles. The second kappa shape index (κ2) is 7.79. The van der Waals surface area contributed by atoms with Crippen LogP contribution >= 0.6 is 8.53 Å². The molecule has 0 radical (unpaired) electrons. The van der Waals surface area contributed by atoms with Crippen molar-refractivity contribution >= 4 is 25.3 Å². The molecule has 0 aliphatic carbocycles. The molecule has 2 unspecified atom stereocenters. The zero-order valence-corrected chi connectivity index (χ0v) is 15.0. The van der Waals surface area contributed by atoms with Gasteiger partial charge < -0.3 is 13.8 Å². The smallest absolute Gasteiger partial charge is 0.343 e. The largest absolute Gasteiger partial charge is 0.435 e. The van der Waals surface area contributed by atoms with Gasteiger partial charge in [-0.2, -0.15) is 0 Å². The lowest BCUT2D eigenvalue weighted by Crippen LogP contribution is -2.18. The Hall–Kier alpha value is -2.53. The second-order valence-electron chi connectivity index (χ2n) is 5.89. The summed E-state index contributed by atoms with van der Waals surface area (Å²) in [7, 11) is -2.26. The first-order chi connectivity index (χ1) is 12.5. The van der Waals surface area contributed by atoms with Crippen LogP contribution < -0.4 is 15.7 Å². The lowest BCUT2D eigenvalue weighted by atomic mass is 9.87. The fourth-order valence-electron chi connectivity index (χ4n) is 2.99. The van der Waals surface area contributed by atoms with E-state index in [0.717, 1.165) is 5.56 Å². The fourth-order valence-corrected chi connectivity index (χ4v) is 3.37. The summed E-state index contributed by atoms with van der Waals surface area (Å²) in [6, 6.07) is 16.0. The molecular formula is C19H18NO5P. The summed E-state index contributed by atoms with van der Waals surface area (Å²) in [4.78, 5) is 34.3. The highest BCUT2D eigenvalue weighted by atomic mass is 31.2. The molecule has 1 heterocycles. The second-order valence-corrected chi connectivity index (χ2v) is 6.68. The van der Waals surface area contributed by atoms with Crippen molar-refractivity contribution in [1.29, 1.82) is 0 Å². The average Bonchev–Trinajstić information content (AvgIpc) is 2.60. The van der Waals surface area contributed by atoms with E-state index in [2.05, 4.69) is 0 Å². The molecule has 0 amide bonds. The summed E-state index contributed by atoms with van der Waals surface area (Å²) in [5.74, 6) is -0.501. The van der Waals surface area contributed by atoms with Crippen LogP contribution in [0.4, 0.5) is 0 Å². The third kappa shape index (κ3) is 3.83. The molecule has 2 aromatic carbocycles. The van der Waals surface area contributed by atoms with E-state index in [9.17, 15) is 14.5 Å². The number of benzene rings is 2. The topological polar surface area (TPSA) is 103 Å². The number of carbonyl (C=O) groups excluding carboxylic acids is 1. The first-order valence-corrected chi connectivity index (χ1v) is 9.27. The number of hydrogen-bond donors (Lipinski definition) is 2. The molecule has 0 bridgehead atoms. The van der Waals surface area contributed by atoms with Crippen LogP contribution in [0.5, 0.6) is 5.75 Å². The van der Waals surface area contributed by atoms with Crippen molar-refractivity contribution in [1.82, 2.24) is 0 Å². The maximum Gasteiger partial charge on any atom is 0.343 e. The van der Waals surface area contributed by atoms with E-state index in [4.69, 9.17) is 14.4 Å². The van der Waals surface area contributed by atoms with E-state index in [1.807, 2.05) is 30.3 Å². The van der Waals surface area contributed by atoms with Gasteiger partial charge in [0.25, 0.3) is 0 Å². The van der Waals surface area contributed by atoms with Crippen LogP contribution in [0.15, 0.2) is 63.8 Å². The van der Waals surface area contributed by atoms with Gasteiger partial charge in [0.2, 0.25) is 0 Å². The minimum atomic E-state index is -2.26. The van der Waals surface area contributed by atoms with Crippen molar-refractivity contribution in [3.05, 3.63) is 76.1 Å². The molecule has 7 heteroatoms. The number of hydrogen-bond acceptors (Lipinski definition) is 6. The summed E-state index contributed by atoms with van der Waals surface area (Å²) in [5.41, 5.74) is 6.13. The summed E-state index contributed by atoms with van der Waals surface area (Å²) < 4.78 is 10.9. The van der Waals surface area contributed by atoms with Gasteiger partial charge in [-0.3, -0.25) is 10.3 Å². The maximum absolute atomic E-state index is 12.8. The van der Waals surface area contributed by atoms with Crippen molar-refractivity contribution < 1.29 is 18.6 Å². The molecule has 3 N–H and O–H groups in total. The Morgan fingerprint density at radius 2 is 1.85 bits per heavy atom. The average molecular weight is 371 g/mol. The van der Waals surface area contributed by atoms with Crippen LogP contribution in [0.2, 0.25) is 0 Å². The Bertz CT molecular complexity index is 984. The standard InChI is InChI=1S/C19H18NO5P/c1-12(21)11-15(13-7-3-2-4-8-13)17-18(25-26(20)23)14-9-5-6-10-16(14)24-19(17)22/h2-10,15,23H,11,20H2,1H3. The number of rotatable bonds is 6. The molecule has 0 aliphatic rings. The number of ketones is 1. The van der Waals surface area contributed by atoms with E-state index in [0.29, 0.717) is 11.0 Å². The van der Waals surface area contributed by atoms with E-state index in [1.165, 1.54) is 6.92 Å². The number of Topliss-reactive ketones (excluding diaryl/α,β-unsaturated/α-hetero) is 1. The van der Waals surface area contributed by atoms with Crippen molar-refractivity contribution in [3.63, 3.8) is 0 Å². The van der Waals surface area contributed by atoms with Gasteiger partial charge >= 0.3 is 14.2 Å². The van der Waals surface area contributed by atoms with Crippen LogP contribution in [0.25, 0.3) is 11.0 Å². The van der Waals surface area contributed by atoms with Crippen LogP contribution in [0, 0.1) is 0 Å². The molecule has 0 spiro atoms. The van der Waals surface area contributed by atoms with Gasteiger partial charge in [0.15, 0.2) is 0 Å². The molecule has 6 nitrogen and oxygen atoms in total. The Morgan fingerprint density at radius 1 is 1.19 bits per heavy atom. The number of carbonyl (C=O) groups is 1. The maximum atomic E-state index is 12.8. The van der Waals surface area contributed by atoms with Gasteiger partial charge in [-0.1, -0.05) is 42.5 Å². The predicted octanol–water partition coefficient (Wildman–Crippen LogP) is 3.46. The Kier molecular flexibility index (Phi) is 5.47. The van der Waals surface area contributed by atoms with Crippen molar-refractivity contribution in [3.8, 4) is 5.75 Å². The minimum absolute atomic E-state index is 0.0867. The molecule has 3 rings (SSSR count). The summed E-state index contributed by atoms with van der Waals surface area (Å²) >= 11 is 0. The quantitative estimate of drug-likeness (QED) is 0.508. The van der Waals surface area contributed by atoms with Crippen LogP contribution in [-0.2, 0) is 4.79 Å². The number of para-hydroxylation sites is 1. The summed E-state index contributed by atoms with van der Waals surface area (Å²) in [6.07, 6.45) is 0.0946. The molecule has 0 fully saturated rings. The van der Waals surface area contributed by atoms with Gasteiger partial charge in [-0.25, -0.2) is 4.79 Å². The van der Waals surface area contributed by atoms with E-state index in [-0.39, 0.29) is 23.5 Å². The van der Waals surface area contributed by atoms with E-state index in [1.54, 1.807) is 24.3 Å². The number of nitrogens with two attached hydrogens (primary N) is 1. The van der Waals surface area contributed by atoms with Crippen LogP contribution in [0.3, 0.4) is 0 Å². The van der Waals surface area contributed by atoms with Gasteiger partial charge in [-0.15, -0.1) is 0 Å². The van der Waals surface area contributed by atoms with Gasteiger partial charge in [0.1, 0.15) is 17.1 Å². The molecule has 3 aromatic rings. The van der Waals surface area contributed by atoms with Crippen molar-refractivity contribution in [2.45, 2.75) is 19.3 Å². The molecule has 26 heavy (non-hydrogen) atoms. The zero-order chi connectivity index (χ0) is 18.7. The van der Waals surface area contributed by atoms with Crippen LogP contribution in [-0.4, -0.2) is 10.7 Å². The molecular weight excluding hydrogens is 353 g/mol. The van der Waals surface area contributed by atoms with E-state index >= 15 is 0 Å². The molecule has 134 valence electrons. The SMILES string of the molecule is CC(=O)CC(c1ccccc1)c1c(OP(N)O)c2ccccc2oc1=O. The highest BCUT2D eigenvalue weighted by molar-refractivity contribution is 7.43. The van der Waals surface area contributed by atoms with Crippen molar-refractivity contribution in [2.75, 3.05) is 0 Å².